The molecule has 0 amide bonds. The van der Waals surface area contributed by atoms with Crippen LogP contribution in [0, 0.1) is 5.92 Å². The molecule has 0 heterocycles. The van der Waals surface area contributed by atoms with Crippen LogP contribution < -0.4 is 10.5 Å². The molecule has 1 aliphatic rings. The van der Waals surface area contributed by atoms with Crippen molar-refractivity contribution in [3.63, 3.8) is 0 Å². The van der Waals surface area contributed by atoms with Crippen LogP contribution in [0.5, 0.6) is 0 Å². The van der Waals surface area contributed by atoms with Crippen molar-refractivity contribution in [2.75, 3.05) is 13.7 Å². The van der Waals surface area contributed by atoms with Crippen molar-refractivity contribution >= 4 is 16.0 Å². The first-order valence-electron chi connectivity index (χ1n) is 7.82. The highest BCUT2D eigenvalue weighted by Crippen LogP contribution is 2.24. The third-order valence-corrected chi connectivity index (χ3v) is 5.62. The quantitative estimate of drug-likeness (QED) is 0.763. The highest BCUT2D eigenvalue weighted by molar-refractivity contribution is 7.88. The highest BCUT2D eigenvalue weighted by Gasteiger charge is 2.28. The number of benzene rings is 1. The Bertz CT molecular complexity index is 645. The minimum absolute atomic E-state index is 0.0949. The van der Waals surface area contributed by atoms with Crippen LogP contribution >= 0.6 is 0 Å². The van der Waals surface area contributed by atoms with Crippen LogP contribution in [0.2, 0.25) is 0 Å². The molecule has 0 spiro atoms. The molecule has 7 heteroatoms. The summed E-state index contributed by atoms with van der Waals surface area (Å²) in [5, 5.41) is 0. The summed E-state index contributed by atoms with van der Waals surface area (Å²) >= 11 is 0. The summed E-state index contributed by atoms with van der Waals surface area (Å²) in [6.45, 7) is 0.491. The van der Waals surface area contributed by atoms with Crippen LogP contribution in [-0.4, -0.2) is 34.1 Å². The van der Waals surface area contributed by atoms with Gasteiger partial charge in [-0.2, -0.15) is 0 Å². The maximum absolute atomic E-state index is 12.4. The smallest absolute Gasteiger partial charge is 0.337 e. The fourth-order valence-electron chi connectivity index (χ4n) is 3.04. The van der Waals surface area contributed by atoms with Crippen molar-refractivity contribution < 1.29 is 17.9 Å². The molecule has 1 aromatic rings. The van der Waals surface area contributed by atoms with Gasteiger partial charge in [0.1, 0.15) is 0 Å². The van der Waals surface area contributed by atoms with Crippen molar-refractivity contribution in [2.24, 2.45) is 11.7 Å². The largest absolute Gasteiger partial charge is 0.465 e. The van der Waals surface area contributed by atoms with Crippen LogP contribution in [0.25, 0.3) is 0 Å². The number of nitrogens with two attached hydrogens (primary N) is 1. The van der Waals surface area contributed by atoms with E-state index in [2.05, 4.69) is 9.46 Å². The molecule has 2 atom stereocenters. The van der Waals surface area contributed by atoms with E-state index in [0.29, 0.717) is 17.7 Å². The Labute approximate surface area is 137 Å². The second kappa shape index (κ2) is 7.90. The first-order valence-corrected chi connectivity index (χ1v) is 9.47. The zero-order chi connectivity index (χ0) is 16.9. The van der Waals surface area contributed by atoms with Gasteiger partial charge in [0.2, 0.25) is 10.0 Å². The van der Waals surface area contributed by atoms with Gasteiger partial charge in [0, 0.05) is 6.04 Å². The number of carbonyl (C=O) groups excluding carboxylic acids is 1. The van der Waals surface area contributed by atoms with Gasteiger partial charge in [0.15, 0.2) is 0 Å². The van der Waals surface area contributed by atoms with Gasteiger partial charge in [0.05, 0.1) is 18.4 Å². The number of ether oxygens (including phenoxy) is 1. The lowest BCUT2D eigenvalue weighted by atomic mass is 9.85. The van der Waals surface area contributed by atoms with E-state index in [1.54, 1.807) is 24.3 Å². The maximum atomic E-state index is 12.4. The number of hydrogen-bond donors (Lipinski definition) is 2. The van der Waals surface area contributed by atoms with E-state index in [0.717, 1.165) is 25.7 Å². The van der Waals surface area contributed by atoms with Crippen LogP contribution in [0.15, 0.2) is 24.3 Å². The summed E-state index contributed by atoms with van der Waals surface area (Å²) in [5.41, 5.74) is 6.65. The van der Waals surface area contributed by atoms with Crippen LogP contribution in [0.1, 0.15) is 41.6 Å². The van der Waals surface area contributed by atoms with E-state index in [1.807, 2.05) is 0 Å². The lowest BCUT2D eigenvalue weighted by Crippen LogP contribution is -2.45. The summed E-state index contributed by atoms with van der Waals surface area (Å²) in [6, 6.07) is 6.39. The molecule has 1 saturated carbocycles. The average Bonchev–Trinajstić information content (AvgIpc) is 2.54. The third-order valence-electron chi connectivity index (χ3n) is 4.25. The molecule has 0 aliphatic heterocycles. The average molecular weight is 340 g/mol. The first kappa shape index (κ1) is 17.9. The second-order valence-corrected chi connectivity index (χ2v) is 7.71. The Hall–Kier alpha value is -1.44. The molecule has 1 aromatic carbocycles. The predicted molar refractivity (Wildman–Crippen MR) is 88.3 cm³/mol. The molecule has 128 valence electrons. The lowest BCUT2D eigenvalue weighted by molar-refractivity contribution is 0.0600. The van der Waals surface area contributed by atoms with Gasteiger partial charge >= 0.3 is 5.97 Å². The first-order chi connectivity index (χ1) is 10.9. The fraction of sp³-hybridized carbons (Fsp3) is 0.562. The van der Waals surface area contributed by atoms with Crippen molar-refractivity contribution in [1.29, 1.82) is 0 Å². The minimum atomic E-state index is -3.48. The summed E-state index contributed by atoms with van der Waals surface area (Å²) in [4.78, 5) is 11.5. The molecule has 0 radical (unpaired) electrons. The number of methoxy groups -OCH3 is 1. The molecular weight excluding hydrogens is 316 g/mol. The van der Waals surface area contributed by atoms with Gasteiger partial charge in [-0.3, -0.25) is 0 Å². The molecular formula is C16H24N2O4S. The van der Waals surface area contributed by atoms with Gasteiger partial charge in [-0.15, -0.1) is 0 Å². The summed E-state index contributed by atoms with van der Waals surface area (Å²) in [7, 11) is -2.19. The molecule has 0 bridgehead atoms. The number of nitrogens with one attached hydrogen (secondary N) is 1. The molecule has 3 N–H and O–H groups in total. The second-order valence-electron chi connectivity index (χ2n) is 5.96. The maximum Gasteiger partial charge on any atom is 0.337 e. The Morgan fingerprint density at radius 1 is 1.35 bits per heavy atom. The zero-order valence-corrected chi connectivity index (χ0v) is 14.1. The molecule has 6 nitrogen and oxygen atoms in total. The van der Waals surface area contributed by atoms with Crippen LogP contribution in [-0.2, 0) is 20.5 Å². The molecule has 0 saturated heterocycles. The Balaban J connectivity index is 2.07. The van der Waals surface area contributed by atoms with E-state index < -0.39 is 16.0 Å². The minimum Gasteiger partial charge on any atom is -0.465 e. The standard InChI is InChI=1S/C16H24N2O4S/c1-22-16(19)13-7-4-5-12(9-13)11-23(20,21)18-15-8-3-2-6-14(15)10-17/h4-5,7,9,14-15,18H,2-3,6,8,10-11,17H2,1H3. The van der Waals surface area contributed by atoms with E-state index in [9.17, 15) is 13.2 Å². The van der Waals surface area contributed by atoms with Crippen molar-refractivity contribution in [1.82, 2.24) is 4.72 Å². The SMILES string of the molecule is COC(=O)c1cccc(CS(=O)(=O)NC2CCCCC2CN)c1. The Morgan fingerprint density at radius 2 is 2.09 bits per heavy atom. The van der Waals surface area contributed by atoms with E-state index in [-0.39, 0.29) is 17.7 Å². The van der Waals surface area contributed by atoms with Crippen molar-refractivity contribution in [3.8, 4) is 0 Å². The predicted octanol–water partition coefficient (Wildman–Crippen LogP) is 1.41. The Morgan fingerprint density at radius 3 is 2.78 bits per heavy atom. The number of sulfonamides is 1. The number of carbonyl (C=O) groups is 1. The van der Waals surface area contributed by atoms with Gasteiger partial charge in [0.25, 0.3) is 0 Å². The fourth-order valence-corrected chi connectivity index (χ4v) is 4.52. The normalized spacial score (nSPS) is 21.8. The summed E-state index contributed by atoms with van der Waals surface area (Å²) in [6.07, 6.45) is 3.90. The van der Waals surface area contributed by atoms with Crippen LogP contribution in [0.3, 0.4) is 0 Å². The highest BCUT2D eigenvalue weighted by atomic mass is 32.2. The Kier molecular flexibility index (Phi) is 6.15. The van der Waals surface area contributed by atoms with Gasteiger partial charge in [-0.1, -0.05) is 25.0 Å². The topological polar surface area (TPSA) is 98.5 Å². The number of hydrogen-bond acceptors (Lipinski definition) is 5. The van der Waals surface area contributed by atoms with Gasteiger partial charge < -0.3 is 10.5 Å². The van der Waals surface area contributed by atoms with E-state index in [1.165, 1.54) is 7.11 Å². The van der Waals surface area contributed by atoms with Crippen LogP contribution in [0.4, 0.5) is 0 Å². The van der Waals surface area contributed by atoms with Crippen molar-refractivity contribution in [3.05, 3.63) is 35.4 Å². The third kappa shape index (κ3) is 5.02. The van der Waals surface area contributed by atoms with Gasteiger partial charge in [-0.25, -0.2) is 17.9 Å². The van der Waals surface area contributed by atoms with Crippen molar-refractivity contribution in [2.45, 2.75) is 37.5 Å². The monoisotopic (exact) mass is 340 g/mol. The van der Waals surface area contributed by atoms with E-state index in [4.69, 9.17) is 5.73 Å². The number of rotatable bonds is 6. The summed E-state index contributed by atoms with van der Waals surface area (Å²) in [5.74, 6) is -0.446. The van der Waals surface area contributed by atoms with Gasteiger partial charge in [-0.05, 0) is 43.0 Å². The van der Waals surface area contributed by atoms with E-state index >= 15 is 0 Å². The summed E-state index contributed by atoms with van der Waals surface area (Å²) < 4.78 is 32.3. The lowest BCUT2D eigenvalue weighted by Gasteiger charge is -2.31. The number of esters is 1. The molecule has 2 unspecified atom stereocenters. The zero-order valence-electron chi connectivity index (χ0n) is 13.3. The molecule has 23 heavy (non-hydrogen) atoms. The molecule has 1 fully saturated rings. The molecule has 2 rings (SSSR count). The molecule has 0 aromatic heterocycles. The molecule has 1 aliphatic carbocycles.